The fraction of sp³-hybridized carbons (Fsp3) is 0.263. The topological polar surface area (TPSA) is 21.3 Å². The minimum absolute atomic E-state index is 0.227. The van der Waals surface area contributed by atoms with Crippen LogP contribution in [-0.2, 0) is 0 Å². The van der Waals surface area contributed by atoms with Crippen molar-refractivity contribution in [1.82, 2.24) is 0 Å². The van der Waals surface area contributed by atoms with E-state index >= 15 is 0 Å². The highest BCUT2D eigenvalue weighted by atomic mass is 79.9. The zero-order valence-corrected chi connectivity index (χ0v) is 15.1. The third-order valence-electron chi connectivity index (χ3n) is 4.89. The molecule has 1 aliphatic heterocycles. The molecule has 3 atom stereocenters. The number of fused-ring (bicyclic) bond motifs is 3. The molecule has 0 radical (unpaired) electrons. The van der Waals surface area contributed by atoms with Crippen molar-refractivity contribution in [2.24, 2.45) is 5.92 Å². The highest BCUT2D eigenvalue weighted by Gasteiger charge is 2.40. The second kappa shape index (κ2) is 5.88. The van der Waals surface area contributed by atoms with E-state index in [1.54, 1.807) is 7.11 Å². The Balaban J connectivity index is 1.88. The molecule has 0 spiro atoms. The van der Waals surface area contributed by atoms with Crippen molar-refractivity contribution in [2.45, 2.75) is 18.4 Å². The Labute approximate surface area is 149 Å². The molecule has 118 valence electrons. The van der Waals surface area contributed by atoms with Gasteiger partial charge in [-0.1, -0.05) is 57.9 Å². The zero-order chi connectivity index (χ0) is 16.0. The van der Waals surface area contributed by atoms with Crippen molar-refractivity contribution >= 4 is 33.2 Å². The van der Waals surface area contributed by atoms with Gasteiger partial charge in [0.15, 0.2) is 0 Å². The van der Waals surface area contributed by atoms with Crippen LogP contribution in [0.15, 0.2) is 53.0 Å². The summed E-state index contributed by atoms with van der Waals surface area (Å²) < 4.78 is 6.71. The molecule has 2 aromatic carbocycles. The van der Waals surface area contributed by atoms with Gasteiger partial charge in [0.2, 0.25) is 0 Å². The van der Waals surface area contributed by atoms with Gasteiger partial charge in [0.1, 0.15) is 5.75 Å². The quantitative estimate of drug-likeness (QED) is 0.641. The molecule has 0 saturated carbocycles. The van der Waals surface area contributed by atoms with Crippen molar-refractivity contribution in [3.05, 3.63) is 69.2 Å². The minimum Gasteiger partial charge on any atom is -0.495 e. The molecule has 4 heteroatoms. The summed E-state index contributed by atoms with van der Waals surface area (Å²) in [7, 11) is 1.70. The van der Waals surface area contributed by atoms with E-state index in [0.29, 0.717) is 11.8 Å². The van der Waals surface area contributed by atoms with Crippen LogP contribution in [0.25, 0.3) is 0 Å². The van der Waals surface area contributed by atoms with Gasteiger partial charge in [-0.3, -0.25) is 0 Å². The van der Waals surface area contributed by atoms with E-state index in [-0.39, 0.29) is 6.04 Å². The van der Waals surface area contributed by atoms with E-state index < -0.39 is 0 Å². The van der Waals surface area contributed by atoms with Crippen molar-refractivity contribution in [2.75, 3.05) is 12.4 Å². The molecule has 1 aliphatic carbocycles. The van der Waals surface area contributed by atoms with Crippen LogP contribution in [0.1, 0.15) is 29.5 Å². The molecule has 2 aliphatic rings. The van der Waals surface area contributed by atoms with Crippen LogP contribution >= 0.6 is 27.5 Å². The summed E-state index contributed by atoms with van der Waals surface area (Å²) in [6, 6.07) is 12.5. The van der Waals surface area contributed by atoms with Gasteiger partial charge in [0.05, 0.1) is 18.8 Å². The highest BCUT2D eigenvalue weighted by Crippen LogP contribution is 2.54. The first-order chi connectivity index (χ1) is 11.2. The molecule has 0 bridgehead atoms. The Hall–Kier alpha value is -1.45. The summed E-state index contributed by atoms with van der Waals surface area (Å²) in [5.41, 5.74) is 3.46. The number of allylic oxidation sites excluding steroid dienone is 2. The lowest BCUT2D eigenvalue weighted by atomic mass is 9.77. The van der Waals surface area contributed by atoms with Crippen molar-refractivity contribution < 1.29 is 4.74 Å². The van der Waals surface area contributed by atoms with Gasteiger partial charge in [0.25, 0.3) is 0 Å². The smallest absolute Gasteiger partial charge is 0.142 e. The van der Waals surface area contributed by atoms with Crippen LogP contribution in [0.5, 0.6) is 5.75 Å². The number of nitrogens with one attached hydrogen (secondary N) is 1. The summed E-state index contributed by atoms with van der Waals surface area (Å²) in [6.07, 6.45) is 5.61. The lowest BCUT2D eigenvalue weighted by Gasteiger charge is -2.39. The number of anilines is 1. The maximum atomic E-state index is 6.52. The van der Waals surface area contributed by atoms with Crippen molar-refractivity contribution in [3.63, 3.8) is 0 Å². The normalized spacial score (nSPS) is 24.7. The lowest BCUT2D eigenvalue weighted by molar-refractivity contribution is 0.397. The molecule has 2 nitrogen and oxygen atoms in total. The third-order valence-corrected chi connectivity index (χ3v) is 5.94. The summed E-state index contributed by atoms with van der Waals surface area (Å²) >= 11 is 10.2. The van der Waals surface area contributed by atoms with Crippen molar-refractivity contribution in [3.8, 4) is 5.75 Å². The number of halogens is 2. The standard InChI is InChI=1S/C19H17BrClNO/c1-23-16-10-9-15(21)17-11-6-4-7-12(11)18(22-19(16)17)13-5-2-3-8-14(13)20/h2-6,8-12,18,22H,7H2,1H3/t11-,12-,18+/m1/s1. The molecular formula is C19H17BrClNO. The average molecular weight is 391 g/mol. The molecule has 0 amide bonds. The number of methoxy groups -OCH3 is 1. The van der Waals surface area contributed by atoms with Crippen LogP contribution in [0.3, 0.4) is 0 Å². The number of hydrogen-bond acceptors (Lipinski definition) is 2. The highest BCUT2D eigenvalue weighted by molar-refractivity contribution is 9.10. The predicted molar refractivity (Wildman–Crippen MR) is 98.5 cm³/mol. The Morgan fingerprint density at radius 2 is 2.04 bits per heavy atom. The van der Waals surface area contributed by atoms with Gasteiger partial charge in [0, 0.05) is 21.0 Å². The van der Waals surface area contributed by atoms with E-state index in [1.165, 1.54) is 5.56 Å². The minimum atomic E-state index is 0.227. The summed E-state index contributed by atoms with van der Waals surface area (Å²) in [6.45, 7) is 0. The largest absolute Gasteiger partial charge is 0.495 e. The third kappa shape index (κ3) is 2.38. The van der Waals surface area contributed by atoms with Gasteiger partial charge in [-0.2, -0.15) is 0 Å². The monoisotopic (exact) mass is 389 g/mol. The SMILES string of the molecule is COc1ccc(Cl)c2c1N[C@H](c1ccccc1Br)[C@@H]1CC=C[C@@H]21. The molecule has 23 heavy (non-hydrogen) atoms. The fourth-order valence-electron chi connectivity index (χ4n) is 3.84. The Kier molecular flexibility index (Phi) is 3.86. The van der Waals surface area contributed by atoms with E-state index in [4.69, 9.17) is 16.3 Å². The molecule has 0 fully saturated rings. The second-order valence-corrected chi connectivity index (χ2v) is 7.30. The molecule has 2 aromatic rings. The van der Waals surface area contributed by atoms with Gasteiger partial charge < -0.3 is 10.1 Å². The summed E-state index contributed by atoms with van der Waals surface area (Å²) in [5.74, 6) is 1.64. The fourth-order valence-corrected chi connectivity index (χ4v) is 4.66. The molecule has 0 saturated heterocycles. The maximum Gasteiger partial charge on any atom is 0.142 e. The molecular weight excluding hydrogens is 374 g/mol. The van der Waals surface area contributed by atoms with Gasteiger partial charge in [-0.15, -0.1) is 0 Å². The van der Waals surface area contributed by atoms with Gasteiger partial charge in [-0.05, 0) is 36.1 Å². The van der Waals surface area contributed by atoms with Gasteiger partial charge >= 0.3 is 0 Å². The van der Waals surface area contributed by atoms with Crippen LogP contribution in [0, 0.1) is 5.92 Å². The first kappa shape index (κ1) is 15.1. The lowest BCUT2D eigenvalue weighted by Crippen LogP contribution is -2.29. The van der Waals surface area contributed by atoms with Gasteiger partial charge in [-0.25, -0.2) is 0 Å². The summed E-state index contributed by atoms with van der Waals surface area (Å²) in [5, 5.41) is 4.51. The Morgan fingerprint density at radius 3 is 2.83 bits per heavy atom. The molecule has 1 heterocycles. The first-order valence-corrected chi connectivity index (χ1v) is 8.92. The summed E-state index contributed by atoms with van der Waals surface area (Å²) in [4.78, 5) is 0. The van der Waals surface area contributed by atoms with E-state index in [2.05, 4.69) is 51.6 Å². The van der Waals surface area contributed by atoms with Crippen LogP contribution in [0.2, 0.25) is 5.02 Å². The van der Waals surface area contributed by atoms with Crippen molar-refractivity contribution in [1.29, 1.82) is 0 Å². The first-order valence-electron chi connectivity index (χ1n) is 7.74. The number of hydrogen-bond donors (Lipinski definition) is 1. The second-order valence-electron chi connectivity index (χ2n) is 6.04. The van der Waals surface area contributed by atoms with Crippen LogP contribution in [0.4, 0.5) is 5.69 Å². The van der Waals surface area contributed by atoms with Crippen LogP contribution < -0.4 is 10.1 Å². The number of benzene rings is 2. The van der Waals surface area contributed by atoms with E-state index in [9.17, 15) is 0 Å². The van der Waals surface area contributed by atoms with E-state index in [0.717, 1.165) is 32.9 Å². The molecule has 0 unspecified atom stereocenters. The van der Waals surface area contributed by atoms with E-state index in [1.807, 2.05) is 18.2 Å². The predicted octanol–water partition coefficient (Wildman–Crippen LogP) is 5.94. The van der Waals surface area contributed by atoms with Crippen LogP contribution in [-0.4, -0.2) is 7.11 Å². The number of rotatable bonds is 2. The molecule has 4 rings (SSSR count). The molecule has 1 N–H and O–H groups in total. The average Bonchev–Trinajstić information content (AvgIpc) is 3.04. The zero-order valence-electron chi connectivity index (χ0n) is 12.7. The Morgan fingerprint density at radius 1 is 1.22 bits per heavy atom. The molecule has 0 aromatic heterocycles. The number of ether oxygens (including phenoxy) is 1. The maximum absolute atomic E-state index is 6.52. The Bertz CT molecular complexity index is 789.